The van der Waals surface area contributed by atoms with E-state index in [1.807, 2.05) is 0 Å². The molecule has 1 aliphatic rings. The van der Waals surface area contributed by atoms with Crippen molar-refractivity contribution < 1.29 is 9.50 Å². The van der Waals surface area contributed by atoms with Crippen LogP contribution in [0.2, 0.25) is 5.02 Å². The molecule has 0 atom stereocenters. The summed E-state index contributed by atoms with van der Waals surface area (Å²) < 4.78 is 12.9. The highest BCUT2D eigenvalue weighted by Gasteiger charge is 2.30. The van der Waals surface area contributed by atoms with Gasteiger partial charge < -0.3 is 10.4 Å². The first-order chi connectivity index (χ1) is 8.09. The Labute approximate surface area is 106 Å². The van der Waals surface area contributed by atoms with Crippen molar-refractivity contribution in [2.75, 3.05) is 6.54 Å². The number of hydrogen-bond donors (Lipinski definition) is 2. The quantitative estimate of drug-likeness (QED) is 0.869. The van der Waals surface area contributed by atoms with E-state index in [0.29, 0.717) is 13.1 Å². The maximum Gasteiger partial charge on any atom is 0.141 e. The SMILES string of the molecule is OC1(CNCc2ccc(F)c(Cl)c2)CCCC1. The molecule has 1 saturated carbocycles. The lowest BCUT2D eigenvalue weighted by Crippen LogP contribution is -2.37. The van der Waals surface area contributed by atoms with Crippen molar-refractivity contribution in [3.8, 4) is 0 Å². The molecular formula is C13H17ClFNO. The fourth-order valence-electron chi connectivity index (χ4n) is 2.30. The average molecular weight is 258 g/mol. The molecule has 0 saturated heterocycles. The van der Waals surface area contributed by atoms with E-state index < -0.39 is 11.4 Å². The summed E-state index contributed by atoms with van der Waals surface area (Å²) in [5.41, 5.74) is 0.377. The molecule has 0 amide bonds. The number of benzene rings is 1. The Morgan fingerprint density at radius 1 is 1.35 bits per heavy atom. The molecule has 0 aromatic heterocycles. The molecule has 0 bridgehead atoms. The molecule has 0 spiro atoms. The predicted octanol–water partition coefficient (Wildman–Crippen LogP) is 2.87. The van der Waals surface area contributed by atoms with E-state index in [0.717, 1.165) is 31.2 Å². The maximum absolute atomic E-state index is 12.9. The van der Waals surface area contributed by atoms with Crippen LogP contribution in [0.1, 0.15) is 31.2 Å². The molecule has 1 aromatic rings. The molecule has 0 unspecified atom stereocenters. The van der Waals surface area contributed by atoms with E-state index in [-0.39, 0.29) is 5.02 Å². The van der Waals surface area contributed by atoms with E-state index in [1.165, 1.54) is 6.07 Å². The summed E-state index contributed by atoms with van der Waals surface area (Å²) in [4.78, 5) is 0. The number of nitrogens with one attached hydrogen (secondary N) is 1. The van der Waals surface area contributed by atoms with Crippen LogP contribution in [0.5, 0.6) is 0 Å². The molecule has 1 aromatic carbocycles. The van der Waals surface area contributed by atoms with Crippen LogP contribution in [0.15, 0.2) is 18.2 Å². The third kappa shape index (κ3) is 3.41. The largest absolute Gasteiger partial charge is 0.389 e. The highest BCUT2D eigenvalue weighted by molar-refractivity contribution is 6.30. The summed E-state index contributed by atoms with van der Waals surface area (Å²) in [6, 6.07) is 4.68. The molecule has 1 aliphatic carbocycles. The van der Waals surface area contributed by atoms with E-state index in [2.05, 4.69) is 5.32 Å². The Balaban J connectivity index is 1.83. The minimum atomic E-state index is -0.552. The van der Waals surface area contributed by atoms with Crippen molar-refractivity contribution in [3.05, 3.63) is 34.6 Å². The monoisotopic (exact) mass is 257 g/mol. The maximum atomic E-state index is 12.9. The highest BCUT2D eigenvalue weighted by atomic mass is 35.5. The van der Waals surface area contributed by atoms with Crippen LogP contribution < -0.4 is 5.32 Å². The number of hydrogen-bond acceptors (Lipinski definition) is 2. The minimum Gasteiger partial charge on any atom is -0.389 e. The highest BCUT2D eigenvalue weighted by Crippen LogP contribution is 2.28. The van der Waals surface area contributed by atoms with Gasteiger partial charge in [-0.2, -0.15) is 0 Å². The summed E-state index contributed by atoms with van der Waals surface area (Å²) in [6.07, 6.45) is 3.93. The van der Waals surface area contributed by atoms with Gasteiger partial charge in [-0.15, -0.1) is 0 Å². The zero-order valence-electron chi connectivity index (χ0n) is 9.68. The van der Waals surface area contributed by atoms with Gasteiger partial charge >= 0.3 is 0 Å². The van der Waals surface area contributed by atoms with Gasteiger partial charge in [0.05, 0.1) is 10.6 Å². The number of halogens is 2. The summed E-state index contributed by atoms with van der Waals surface area (Å²) in [5, 5.41) is 13.5. The first-order valence-electron chi connectivity index (χ1n) is 5.96. The van der Waals surface area contributed by atoms with Gasteiger partial charge in [0.2, 0.25) is 0 Å². The van der Waals surface area contributed by atoms with Gasteiger partial charge in [0.1, 0.15) is 5.82 Å². The Hall–Kier alpha value is -0.640. The van der Waals surface area contributed by atoms with Crippen LogP contribution in [-0.2, 0) is 6.54 Å². The second kappa shape index (κ2) is 5.34. The molecule has 4 heteroatoms. The summed E-state index contributed by atoms with van der Waals surface area (Å²) >= 11 is 5.70. The van der Waals surface area contributed by atoms with Crippen LogP contribution in [-0.4, -0.2) is 17.3 Å². The van der Waals surface area contributed by atoms with Gasteiger partial charge in [0.15, 0.2) is 0 Å². The van der Waals surface area contributed by atoms with Crippen molar-refractivity contribution in [3.63, 3.8) is 0 Å². The van der Waals surface area contributed by atoms with Gasteiger partial charge in [0.25, 0.3) is 0 Å². The second-order valence-corrected chi connectivity index (χ2v) is 5.19. The van der Waals surface area contributed by atoms with E-state index in [4.69, 9.17) is 11.6 Å². The van der Waals surface area contributed by atoms with Crippen molar-refractivity contribution >= 4 is 11.6 Å². The number of aliphatic hydroxyl groups is 1. The van der Waals surface area contributed by atoms with Gasteiger partial charge in [-0.05, 0) is 30.5 Å². The molecule has 2 rings (SSSR count). The normalized spacial score (nSPS) is 18.5. The fraction of sp³-hybridized carbons (Fsp3) is 0.538. The van der Waals surface area contributed by atoms with Gasteiger partial charge in [-0.1, -0.05) is 30.5 Å². The van der Waals surface area contributed by atoms with Crippen molar-refractivity contribution in [2.24, 2.45) is 0 Å². The first-order valence-corrected chi connectivity index (χ1v) is 6.34. The molecule has 0 aliphatic heterocycles. The van der Waals surface area contributed by atoms with Gasteiger partial charge in [0, 0.05) is 13.1 Å². The smallest absolute Gasteiger partial charge is 0.141 e. The number of rotatable bonds is 4. The lowest BCUT2D eigenvalue weighted by atomic mass is 10.0. The second-order valence-electron chi connectivity index (χ2n) is 4.78. The van der Waals surface area contributed by atoms with Crippen LogP contribution >= 0.6 is 11.6 Å². The topological polar surface area (TPSA) is 32.3 Å². The van der Waals surface area contributed by atoms with Crippen LogP contribution in [0, 0.1) is 5.82 Å². The minimum absolute atomic E-state index is 0.142. The molecule has 94 valence electrons. The van der Waals surface area contributed by atoms with E-state index in [9.17, 15) is 9.50 Å². The van der Waals surface area contributed by atoms with E-state index in [1.54, 1.807) is 12.1 Å². The van der Waals surface area contributed by atoms with Crippen molar-refractivity contribution in [1.29, 1.82) is 0 Å². The molecular weight excluding hydrogens is 241 g/mol. The van der Waals surface area contributed by atoms with Crippen LogP contribution in [0.25, 0.3) is 0 Å². The Kier molecular flexibility index (Phi) is 4.02. The fourth-order valence-corrected chi connectivity index (χ4v) is 2.50. The van der Waals surface area contributed by atoms with Crippen molar-refractivity contribution in [1.82, 2.24) is 5.32 Å². The molecule has 1 fully saturated rings. The standard InChI is InChI=1S/C13H17ClFNO/c14-11-7-10(3-4-12(11)15)8-16-9-13(17)5-1-2-6-13/h3-4,7,16-17H,1-2,5-6,8-9H2. The zero-order chi connectivity index (χ0) is 12.3. The molecule has 2 N–H and O–H groups in total. The lowest BCUT2D eigenvalue weighted by molar-refractivity contribution is 0.0475. The first kappa shape index (κ1) is 12.8. The summed E-state index contributed by atoms with van der Waals surface area (Å²) in [7, 11) is 0. The summed E-state index contributed by atoms with van der Waals surface area (Å²) in [5.74, 6) is -0.398. The third-order valence-electron chi connectivity index (χ3n) is 3.30. The molecule has 0 heterocycles. The predicted molar refractivity (Wildman–Crippen MR) is 66.5 cm³/mol. The Morgan fingerprint density at radius 2 is 2.06 bits per heavy atom. The third-order valence-corrected chi connectivity index (χ3v) is 3.59. The molecule has 17 heavy (non-hydrogen) atoms. The van der Waals surface area contributed by atoms with Gasteiger partial charge in [-0.3, -0.25) is 0 Å². The van der Waals surface area contributed by atoms with Crippen molar-refractivity contribution in [2.45, 2.75) is 37.8 Å². The molecule has 2 nitrogen and oxygen atoms in total. The van der Waals surface area contributed by atoms with E-state index >= 15 is 0 Å². The Morgan fingerprint density at radius 3 is 2.71 bits per heavy atom. The van der Waals surface area contributed by atoms with Gasteiger partial charge in [-0.25, -0.2) is 4.39 Å². The Bertz CT molecular complexity index is 391. The lowest BCUT2D eigenvalue weighted by Gasteiger charge is -2.22. The van der Waals surface area contributed by atoms with Crippen LogP contribution in [0.3, 0.4) is 0 Å². The zero-order valence-corrected chi connectivity index (χ0v) is 10.4. The molecule has 0 radical (unpaired) electrons. The summed E-state index contributed by atoms with van der Waals surface area (Å²) in [6.45, 7) is 1.18. The van der Waals surface area contributed by atoms with Crippen LogP contribution in [0.4, 0.5) is 4.39 Å². The average Bonchev–Trinajstić information content (AvgIpc) is 2.71.